The second-order valence-electron chi connectivity index (χ2n) is 11.6. The predicted molar refractivity (Wildman–Crippen MR) is 143 cm³/mol. The fourth-order valence-corrected chi connectivity index (χ4v) is 7.57. The minimum atomic E-state index is -0.134. The smallest absolute Gasteiger partial charge is 0.410 e. The van der Waals surface area contributed by atoms with Gasteiger partial charge in [0.2, 0.25) is 0 Å². The van der Waals surface area contributed by atoms with Crippen LogP contribution in [0.15, 0.2) is 28.8 Å². The van der Waals surface area contributed by atoms with Crippen LogP contribution >= 0.6 is 0 Å². The molecule has 1 aromatic carbocycles. The molecule has 3 amide bonds. The van der Waals surface area contributed by atoms with E-state index < -0.39 is 0 Å². The number of hydrogen-bond donors (Lipinski definition) is 1. The van der Waals surface area contributed by atoms with Gasteiger partial charge in [0.25, 0.3) is 0 Å². The quantitative estimate of drug-likeness (QED) is 0.623. The van der Waals surface area contributed by atoms with Crippen molar-refractivity contribution in [2.24, 2.45) is 0 Å². The zero-order valence-corrected chi connectivity index (χ0v) is 22.7. The Kier molecular flexibility index (Phi) is 6.58. The molecule has 5 heterocycles. The number of nitrogens with one attached hydrogen (secondary N) is 1. The van der Waals surface area contributed by atoms with Gasteiger partial charge in [-0.3, -0.25) is 0 Å². The topological polar surface area (TPSA) is 91.2 Å². The highest BCUT2D eigenvalue weighted by Gasteiger charge is 2.48. The van der Waals surface area contributed by atoms with Gasteiger partial charge in [-0.05, 0) is 83.5 Å². The number of benzene rings is 1. The van der Waals surface area contributed by atoms with Crippen molar-refractivity contribution in [3.63, 3.8) is 0 Å². The molecule has 2 bridgehead atoms. The molecule has 2 atom stereocenters. The number of ether oxygens (including phenoxy) is 1. The van der Waals surface area contributed by atoms with Crippen molar-refractivity contribution in [3.05, 3.63) is 46.8 Å². The van der Waals surface area contributed by atoms with Crippen LogP contribution < -0.4 is 5.32 Å². The maximum absolute atomic E-state index is 13.4. The molecule has 1 N–H and O–H groups in total. The first-order valence-corrected chi connectivity index (χ1v) is 14.1. The number of rotatable bonds is 3. The van der Waals surface area contributed by atoms with E-state index in [-0.39, 0.29) is 17.5 Å². The monoisotopic (exact) mass is 521 g/mol. The number of carbonyl (C=O) groups is 2. The third-order valence-electron chi connectivity index (χ3n) is 9.45. The van der Waals surface area contributed by atoms with Crippen LogP contribution in [0.4, 0.5) is 15.3 Å². The molecule has 2 aromatic rings. The van der Waals surface area contributed by atoms with Gasteiger partial charge in [0, 0.05) is 36.6 Å². The zero-order valence-electron chi connectivity index (χ0n) is 22.7. The molecule has 9 heteroatoms. The Labute approximate surface area is 224 Å². The predicted octanol–water partition coefficient (Wildman–Crippen LogP) is 4.82. The van der Waals surface area contributed by atoms with E-state index in [4.69, 9.17) is 9.26 Å². The summed E-state index contributed by atoms with van der Waals surface area (Å²) in [7, 11) is 0. The average molecular weight is 522 g/mol. The van der Waals surface area contributed by atoms with E-state index in [1.807, 2.05) is 30.6 Å². The van der Waals surface area contributed by atoms with E-state index in [1.165, 1.54) is 11.1 Å². The van der Waals surface area contributed by atoms with Crippen LogP contribution in [0.2, 0.25) is 0 Å². The molecular formula is C29H39N5O4. The van der Waals surface area contributed by atoms with Crippen LogP contribution in [-0.2, 0) is 16.7 Å². The summed E-state index contributed by atoms with van der Waals surface area (Å²) >= 11 is 0. The van der Waals surface area contributed by atoms with Crippen LogP contribution in [-0.4, -0.2) is 76.3 Å². The van der Waals surface area contributed by atoms with Gasteiger partial charge in [0.1, 0.15) is 11.4 Å². The molecule has 4 aliphatic rings. The number of fused-ring (bicyclic) bond motifs is 4. The summed E-state index contributed by atoms with van der Waals surface area (Å²) in [5.74, 6) is 0.624. The molecular weight excluding hydrogens is 482 g/mol. The van der Waals surface area contributed by atoms with Gasteiger partial charge >= 0.3 is 12.1 Å². The molecule has 3 fully saturated rings. The van der Waals surface area contributed by atoms with Gasteiger partial charge in [0.05, 0.1) is 6.61 Å². The number of aromatic nitrogens is 1. The number of aryl methyl sites for hydroxylation is 2. The highest BCUT2D eigenvalue weighted by Crippen LogP contribution is 2.44. The number of nitrogens with zero attached hydrogens (tertiary/aromatic N) is 4. The summed E-state index contributed by atoms with van der Waals surface area (Å²) in [5, 5.41) is 7.04. The summed E-state index contributed by atoms with van der Waals surface area (Å²) in [5.41, 5.74) is 3.95. The number of likely N-dealkylation sites (tertiary alicyclic amines) is 1. The molecule has 1 spiro atoms. The summed E-state index contributed by atoms with van der Waals surface area (Å²) < 4.78 is 10.6. The standard InChI is InChI=1S/C29H39N5O4/c1-4-37-28(36)34-22-9-10-23(34)16-24(15-22)32-13-11-29(12-14-32)18-33(17-21-7-5-6-8-25(21)29)27(35)30-26-19(2)31-38-20(26)3/h5-8,22-24H,4,9-18H2,1-3H3,(H,30,35). The van der Waals surface area contributed by atoms with Crippen LogP contribution in [0.3, 0.4) is 0 Å². The molecule has 6 rings (SSSR count). The maximum atomic E-state index is 13.4. The Morgan fingerprint density at radius 3 is 2.47 bits per heavy atom. The molecule has 0 saturated carbocycles. The lowest BCUT2D eigenvalue weighted by Crippen LogP contribution is -2.58. The first-order valence-electron chi connectivity index (χ1n) is 14.1. The van der Waals surface area contributed by atoms with Crippen molar-refractivity contribution in [2.45, 2.75) is 89.4 Å². The molecule has 0 radical (unpaired) electrons. The summed E-state index contributed by atoms with van der Waals surface area (Å²) in [6, 6.07) is 9.65. The normalized spacial score (nSPS) is 26.3. The molecule has 3 saturated heterocycles. The molecule has 0 aliphatic carbocycles. The maximum Gasteiger partial charge on any atom is 0.410 e. The molecule has 38 heavy (non-hydrogen) atoms. The van der Waals surface area contributed by atoms with Gasteiger partial charge in [0.15, 0.2) is 5.76 Å². The number of anilines is 1. The van der Waals surface area contributed by atoms with Gasteiger partial charge in [-0.2, -0.15) is 0 Å². The van der Waals surface area contributed by atoms with E-state index in [2.05, 4.69) is 39.6 Å². The summed E-state index contributed by atoms with van der Waals surface area (Å²) in [4.78, 5) is 32.6. The Morgan fingerprint density at radius 2 is 1.82 bits per heavy atom. The zero-order chi connectivity index (χ0) is 26.4. The van der Waals surface area contributed by atoms with Crippen molar-refractivity contribution < 1.29 is 18.8 Å². The third-order valence-corrected chi connectivity index (χ3v) is 9.45. The largest absolute Gasteiger partial charge is 0.450 e. The lowest BCUT2D eigenvalue weighted by Gasteiger charge is -2.51. The minimum Gasteiger partial charge on any atom is -0.450 e. The van der Waals surface area contributed by atoms with Crippen LogP contribution in [0.5, 0.6) is 0 Å². The highest BCUT2D eigenvalue weighted by atomic mass is 16.6. The third kappa shape index (κ3) is 4.34. The van der Waals surface area contributed by atoms with Crippen LogP contribution in [0.1, 0.15) is 68.0 Å². The fraction of sp³-hybridized carbons (Fsp3) is 0.621. The Morgan fingerprint density at radius 1 is 1.11 bits per heavy atom. The molecule has 4 aliphatic heterocycles. The lowest BCUT2D eigenvalue weighted by molar-refractivity contribution is 0.0223. The average Bonchev–Trinajstić information content (AvgIpc) is 3.38. The number of hydrogen-bond acceptors (Lipinski definition) is 6. The van der Waals surface area contributed by atoms with Crippen molar-refractivity contribution in [3.8, 4) is 0 Å². The Balaban J connectivity index is 1.16. The van der Waals surface area contributed by atoms with Gasteiger partial charge in [-0.25, -0.2) is 9.59 Å². The minimum absolute atomic E-state index is 0.0496. The second-order valence-corrected chi connectivity index (χ2v) is 11.6. The van der Waals surface area contributed by atoms with Crippen LogP contribution in [0, 0.1) is 13.8 Å². The van der Waals surface area contributed by atoms with E-state index in [0.29, 0.717) is 55.0 Å². The number of urea groups is 1. The second kappa shape index (κ2) is 9.91. The number of carbonyl (C=O) groups excluding carboxylic acids is 2. The van der Waals surface area contributed by atoms with Crippen molar-refractivity contribution in [1.29, 1.82) is 0 Å². The van der Waals surface area contributed by atoms with Crippen molar-refractivity contribution in [1.82, 2.24) is 19.9 Å². The molecule has 2 unspecified atom stereocenters. The van der Waals surface area contributed by atoms with E-state index in [0.717, 1.165) is 51.6 Å². The molecule has 204 valence electrons. The lowest BCUT2D eigenvalue weighted by atomic mass is 9.68. The SMILES string of the molecule is CCOC(=O)N1C2CCC1CC(N1CCC3(CC1)CN(C(=O)Nc1c(C)noc1C)Cc1ccccc13)C2. The van der Waals surface area contributed by atoms with E-state index in [1.54, 1.807) is 0 Å². The van der Waals surface area contributed by atoms with Crippen molar-refractivity contribution in [2.75, 3.05) is 31.6 Å². The Hall–Kier alpha value is -3.07. The highest BCUT2D eigenvalue weighted by molar-refractivity contribution is 5.90. The molecule has 1 aromatic heterocycles. The summed E-state index contributed by atoms with van der Waals surface area (Å²) in [6.07, 6.45) is 6.14. The Bertz CT molecular complexity index is 1170. The number of amides is 3. The first-order chi connectivity index (χ1) is 18.4. The summed E-state index contributed by atoms with van der Waals surface area (Å²) in [6.45, 7) is 9.31. The van der Waals surface area contributed by atoms with E-state index >= 15 is 0 Å². The van der Waals surface area contributed by atoms with Gasteiger partial charge in [-0.15, -0.1) is 0 Å². The van der Waals surface area contributed by atoms with Crippen molar-refractivity contribution >= 4 is 17.8 Å². The fourth-order valence-electron chi connectivity index (χ4n) is 7.57. The van der Waals surface area contributed by atoms with Gasteiger partial charge in [-0.1, -0.05) is 29.4 Å². The van der Waals surface area contributed by atoms with Crippen LogP contribution in [0.25, 0.3) is 0 Å². The first kappa shape index (κ1) is 25.2. The van der Waals surface area contributed by atoms with E-state index in [9.17, 15) is 9.59 Å². The number of piperidine rings is 2. The molecule has 9 nitrogen and oxygen atoms in total. The van der Waals surface area contributed by atoms with Gasteiger partial charge < -0.3 is 29.3 Å².